The Morgan fingerprint density at radius 1 is 1.33 bits per heavy atom. The predicted octanol–water partition coefficient (Wildman–Crippen LogP) is 0.756. The minimum Gasteiger partial charge on any atom is -0.328 e. The number of nitrogens with two attached hydrogens (primary N) is 1. The summed E-state index contributed by atoms with van der Waals surface area (Å²) in [7, 11) is -3.24. The summed E-state index contributed by atoms with van der Waals surface area (Å²) >= 11 is 0. The molecule has 102 valence electrons. The SMILES string of the molecule is Cl.NC1CCN(S(=O)(=O)Cc2ccccn2)CC1. The molecule has 2 N–H and O–H groups in total. The van der Waals surface area contributed by atoms with Crippen LogP contribution in [0.1, 0.15) is 18.5 Å². The molecule has 0 saturated carbocycles. The lowest BCUT2D eigenvalue weighted by molar-refractivity contribution is 0.319. The number of hydrogen-bond acceptors (Lipinski definition) is 4. The minimum absolute atomic E-state index is 0. The van der Waals surface area contributed by atoms with Crippen LogP contribution in [0, 0.1) is 0 Å². The summed E-state index contributed by atoms with van der Waals surface area (Å²) in [5.74, 6) is -0.0247. The average molecular weight is 292 g/mol. The molecule has 0 bridgehead atoms. The highest BCUT2D eigenvalue weighted by Crippen LogP contribution is 2.15. The number of halogens is 1. The van der Waals surface area contributed by atoms with Crippen LogP contribution in [0.5, 0.6) is 0 Å². The lowest BCUT2D eigenvalue weighted by Crippen LogP contribution is -2.43. The second-order valence-corrected chi connectivity index (χ2v) is 6.28. The van der Waals surface area contributed by atoms with Gasteiger partial charge in [0, 0.05) is 25.3 Å². The molecule has 0 aliphatic carbocycles. The van der Waals surface area contributed by atoms with E-state index in [1.54, 1.807) is 24.4 Å². The normalized spacial score (nSPS) is 18.3. The Bertz CT molecular complexity index is 458. The molecule has 0 amide bonds. The van der Waals surface area contributed by atoms with Crippen molar-refractivity contribution in [2.45, 2.75) is 24.6 Å². The standard InChI is InChI=1S/C11H17N3O2S.ClH/c12-10-4-7-14(8-5-10)17(15,16)9-11-3-1-2-6-13-11;/h1-3,6,10H,4-5,7-9,12H2;1H. The first-order valence-corrected chi connectivity index (χ1v) is 7.32. The van der Waals surface area contributed by atoms with E-state index in [1.807, 2.05) is 0 Å². The number of sulfonamides is 1. The smallest absolute Gasteiger partial charge is 0.219 e. The highest BCUT2D eigenvalue weighted by atomic mass is 35.5. The molecule has 1 aliphatic heterocycles. The molecule has 2 heterocycles. The Labute approximate surface area is 114 Å². The molecule has 1 aliphatic rings. The fourth-order valence-corrected chi connectivity index (χ4v) is 3.41. The van der Waals surface area contributed by atoms with Crippen LogP contribution in [0.3, 0.4) is 0 Å². The van der Waals surface area contributed by atoms with Gasteiger partial charge < -0.3 is 5.73 Å². The van der Waals surface area contributed by atoms with Crippen LogP contribution >= 0.6 is 12.4 Å². The monoisotopic (exact) mass is 291 g/mol. The maximum Gasteiger partial charge on any atom is 0.219 e. The van der Waals surface area contributed by atoms with Crippen molar-refractivity contribution in [3.63, 3.8) is 0 Å². The largest absolute Gasteiger partial charge is 0.328 e. The molecule has 1 aromatic heterocycles. The number of aromatic nitrogens is 1. The number of nitrogens with zero attached hydrogens (tertiary/aromatic N) is 2. The zero-order chi connectivity index (χ0) is 12.3. The van der Waals surface area contributed by atoms with Crippen molar-refractivity contribution in [2.75, 3.05) is 13.1 Å². The van der Waals surface area contributed by atoms with E-state index in [-0.39, 0.29) is 24.2 Å². The number of pyridine rings is 1. The molecule has 0 atom stereocenters. The number of piperidine rings is 1. The van der Waals surface area contributed by atoms with Crippen molar-refractivity contribution in [3.05, 3.63) is 30.1 Å². The Morgan fingerprint density at radius 2 is 2.00 bits per heavy atom. The molecule has 1 aromatic rings. The van der Waals surface area contributed by atoms with E-state index in [0.717, 1.165) is 12.8 Å². The van der Waals surface area contributed by atoms with Gasteiger partial charge in [0.25, 0.3) is 0 Å². The van der Waals surface area contributed by atoms with E-state index < -0.39 is 10.0 Å². The van der Waals surface area contributed by atoms with Crippen molar-refractivity contribution >= 4 is 22.4 Å². The molecule has 0 aromatic carbocycles. The third kappa shape index (κ3) is 3.91. The first kappa shape index (κ1) is 15.4. The number of rotatable bonds is 3. The zero-order valence-electron chi connectivity index (χ0n) is 10.0. The van der Waals surface area contributed by atoms with E-state index in [1.165, 1.54) is 4.31 Å². The first-order chi connectivity index (χ1) is 8.08. The Kier molecular flexibility index (Phi) is 5.52. The maximum absolute atomic E-state index is 12.1. The van der Waals surface area contributed by atoms with E-state index in [9.17, 15) is 8.42 Å². The van der Waals surface area contributed by atoms with Gasteiger partial charge in [-0.15, -0.1) is 12.4 Å². The quantitative estimate of drug-likeness (QED) is 0.892. The van der Waals surface area contributed by atoms with E-state index in [0.29, 0.717) is 18.8 Å². The molecule has 7 heteroatoms. The molecular formula is C11H18ClN3O2S. The van der Waals surface area contributed by atoms with Crippen molar-refractivity contribution in [1.82, 2.24) is 9.29 Å². The summed E-state index contributed by atoms with van der Waals surface area (Å²) in [6, 6.07) is 5.43. The topological polar surface area (TPSA) is 76.3 Å². The maximum atomic E-state index is 12.1. The molecular weight excluding hydrogens is 274 g/mol. The fraction of sp³-hybridized carbons (Fsp3) is 0.545. The highest BCUT2D eigenvalue weighted by Gasteiger charge is 2.26. The molecule has 0 spiro atoms. The fourth-order valence-electron chi connectivity index (χ4n) is 1.92. The van der Waals surface area contributed by atoms with Gasteiger partial charge in [-0.1, -0.05) is 6.07 Å². The van der Waals surface area contributed by atoms with E-state index in [2.05, 4.69) is 4.98 Å². The van der Waals surface area contributed by atoms with Gasteiger partial charge in [0.05, 0.1) is 5.69 Å². The summed E-state index contributed by atoms with van der Waals surface area (Å²) in [4.78, 5) is 4.04. The summed E-state index contributed by atoms with van der Waals surface area (Å²) < 4.78 is 25.7. The molecule has 0 unspecified atom stereocenters. The first-order valence-electron chi connectivity index (χ1n) is 5.71. The lowest BCUT2D eigenvalue weighted by Gasteiger charge is -2.29. The zero-order valence-corrected chi connectivity index (χ0v) is 11.7. The number of hydrogen-bond donors (Lipinski definition) is 1. The van der Waals surface area contributed by atoms with Crippen LogP contribution in [-0.4, -0.2) is 36.8 Å². The van der Waals surface area contributed by atoms with Crippen LogP contribution in [0.4, 0.5) is 0 Å². The van der Waals surface area contributed by atoms with Crippen LogP contribution in [0.15, 0.2) is 24.4 Å². The van der Waals surface area contributed by atoms with Crippen molar-refractivity contribution < 1.29 is 8.42 Å². The Balaban J connectivity index is 0.00000162. The lowest BCUT2D eigenvalue weighted by atomic mass is 10.1. The van der Waals surface area contributed by atoms with Gasteiger partial charge in [-0.05, 0) is 25.0 Å². The second-order valence-electron chi connectivity index (χ2n) is 4.31. The van der Waals surface area contributed by atoms with Crippen LogP contribution in [0.25, 0.3) is 0 Å². The predicted molar refractivity (Wildman–Crippen MR) is 72.9 cm³/mol. The van der Waals surface area contributed by atoms with Gasteiger partial charge in [0.15, 0.2) is 0 Å². The van der Waals surface area contributed by atoms with Crippen molar-refractivity contribution in [2.24, 2.45) is 5.73 Å². The highest BCUT2D eigenvalue weighted by molar-refractivity contribution is 7.88. The molecule has 1 saturated heterocycles. The van der Waals surface area contributed by atoms with Crippen LogP contribution in [0.2, 0.25) is 0 Å². The molecule has 5 nitrogen and oxygen atoms in total. The van der Waals surface area contributed by atoms with E-state index in [4.69, 9.17) is 5.73 Å². The summed E-state index contributed by atoms with van der Waals surface area (Å²) in [6.07, 6.45) is 3.08. The summed E-state index contributed by atoms with van der Waals surface area (Å²) in [5.41, 5.74) is 6.34. The van der Waals surface area contributed by atoms with E-state index >= 15 is 0 Å². The minimum atomic E-state index is -3.24. The third-order valence-corrected chi connectivity index (χ3v) is 4.76. The average Bonchev–Trinajstić information content (AvgIpc) is 2.30. The Hall–Kier alpha value is -0.690. The summed E-state index contributed by atoms with van der Waals surface area (Å²) in [5, 5.41) is 0. The second kappa shape index (κ2) is 6.47. The molecule has 18 heavy (non-hydrogen) atoms. The van der Waals surface area contributed by atoms with Crippen LogP contribution in [-0.2, 0) is 15.8 Å². The van der Waals surface area contributed by atoms with Gasteiger partial charge in [-0.25, -0.2) is 12.7 Å². The Morgan fingerprint density at radius 3 is 2.56 bits per heavy atom. The van der Waals surface area contributed by atoms with Gasteiger partial charge in [0.2, 0.25) is 10.0 Å². The van der Waals surface area contributed by atoms with Gasteiger partial charge in [-0.2, -0.15) is 0 Å². The van der Waals surface area contributed by atoms with Crippen molar-refractivity contribution in [3.8, 4) is 0 Å². The molecule has 2 rings (SSSR count). The van der Waals surface area contributed by atoms with Gasteiger partial charge >= 0.3 is 0 Å². The summed E-state index contributed by atoms with van der Waals surface area (Å²) in [6.45, 7) is 1.05. The molecule has 1 fully saturated rings. The van der Waals surface area contributed by atoms with Gasteiger partial charge in [0.1, 0.15) is 5.75 Å². The van der Waals surface area contributed by atoms with Crippen molar-refractivity contribution in [1.29, 1.82) is 0 Å². The van der Waals surface area contributed by atoms with Gasteiger partial charge in [-0.3, -0.25) is 4.98 Å². The molecule has 0 radical (unpaired) electrons. The van der Waals surface area contributed by atoms with Crippen LogP contribution < -0.4 is 5.73 Å². The third-order valence-electron chi connectivity index (χ3n) is 2.95.